The van der Waals surface area contributed by atoms with Crippen molar-refractivity contribution in [2.75, 3.05) is 13.7 Å². The summed E-state index contributed by atoms with van der Waals surface area (Å²) in [5, 5.41) is 0. The van der Waals surface area contributed by atoms with Crippen LogP contribution in [0.25, 0.3) is 0 Å². The fourth-order valence-corrected chi connectivity index (χ4v) is 5.46. The van der Waals surface area contributed by atoms with E-state index in [9.17, 15) is 9.59 Å². The van der Waals surface area contributed by atoms with Gasteiger partial charge in [-0.25, -0.2) is 0 Å². The largest absolute Gasteiger partial charge is 0.493 e. The number of benzene rings is 2. The first-order chi connectivity index (χ1) is 16.4. The number of Topliss-reactive ketones (excluding diaryl/α,β-unsaturated/α-hetero) is 1. The van der Waals surface area contributed by atoms with Gasteiger partial charge in [0.2, 0.25) is 0 Å². The molecule has 2 aromatic carbocycles. The zero-order valence-corrected chi connectivity index (χ0v) is 19.8. The maximum atomic E-state index is 13.3. The van der Waals surface area contributed by atoms with E-state index >= 15 is 0 Å². The number of ether oxygens (including phenoxy) is 4. The summed E-state index contributed by atoms with van der Waals surface area (Å²) in [6.45, 7) is 6.15. The number of esters is 1. The molecule has 1 fully saturated rings. The van der Waals surface area contributed by atoms with Gasteiger partial charge in [0.15, 0.2) is 17.3 Å². The van der Waals surface area contributed by atoms with Crippen LogP contribution < -0.4 is 18.9 Å². The number of ketones is 1. The zero-order valence-electron chi connectivity index (χ0n) is 19.8. The van der Waals surface area contributed by atoms with Crippen LogP contribution in [0.5, 0.6) is 23.0 Å². The molecule has 34 heavy (non-hydrogen) atoms. The minimum atomic E-state index is -0.475. The quantitative estimate of drug-likeness (QED) is 0.320. The third-order valence-electron chi connectivity index (χ3n) is 7.03. The molecule has 3 aliphatic rings. The van der Waals surface area contributed by atoms with Gasteiger partial charge in [0, 0.05) is 17.0 Å². The first kappa shape index (κ1) is 22.5. The van der Waals surface area contributed by atoms with Crippen LogP contribution in [-0.2, 0) is 4.79 Å². The van der Waals surface area contributed by atoms with Crippen LogP contribution in [0, 0.1) is 0 Å². The van der Waals surface area contributed by atoms with Crippen LogP contribution in [0.1, 0.15) is 79.3 Å². The van der Waals surface area contributed by atoms with Gasteiger partial charge in [-0.1, -0.05) is 25.1 Å². The van der Waals surface area contributed by atoms with E-state index in [1.54, 1.807) is 19.2 Å². The summed E-state index contributed by atoms with van der Waals surface area (Å²) in [5.41, 5.74) is 2.49. The second-order valence-corrected chi connectivity index (χ2v) is 9.65. The van der Waals surface area contributed by atoms with Crippen LogP contribution >= 0.6 is 0 Å². The van der Waals surface area contributed by atoms with Crippen molar-refractivity contribution in [2.45, 2.75) is 63.4 Å². The summed E-state index contributed by atoms with van der Waals surface area (Å²) >= 11 is 0. The molecule has 1 aliphatic carbocycles. The number of rotatable bonds is 5. The van der Waals surface area contributed by atoms with Crippen LogP contribution in [0.2, 0.25) is 0 Å². The number of carbonyl (C=O) groups excluding carboxylic acids is 2. The predicted molar refractivity (Wildman–Crippen MR) is 127 cm³/mol. The van der Waals surface area contributed by atoms with Crippen molar-refractivity contribution in [3.63, 3.8) is 0 Å². The van der Waals surface area contributed by atoms with Gasteiger partial charge in [-0.05, 0) is 56.4 Å². The number of methoxy groups -OCH3 is 1. The second-order valence-electron chi connectivity index (χ2n) is 9.65. The average molecular weight is 463 g/mol. The van der Waals surface area contributed by atoms with Crippen LogP contribution in [-0.4, -0.2) is 31.1 Å². The maximum absolute atomic E-state index is 13.3. The van der Waals surface area contributed by atoms with Crippen molar-refractivity contribution in [3.8, 4) is 23.0 Å². The molecule has 178 valence electrons. The highest BCUT2D eigenvalue weighted by Gasteiger charge is 2.45. The topological polar surface area (TPSA) is 71.1 Å². The van der Waals surface area contributed by atoms with Gasteiger partial charge >= 0.3 is 5.97 Å². The lowest BCUT2D eigenvalue weighted by Crippen LogP contribution is -2.44. The molecule has 6 heteroatoms. The first-order valence-electron chi connectivity index (χ1n) is 11.9. The highest BCUT2D eigenvalue weighted by molar-refractivity contribution is 6.01. The molecule has 0 aromatic heterocycles. The van der Waals surface area contributed by atoms with Crippen LogP contribution in [0.15, 0.2) is 42.5 Å². The first-order valence-corrected chi connectivity index (χ1v) is 11.9. The van der Waals surface area contributed by atoms with Gasteiger partial charge in [-0.2, -0.15) is 0 Å². The molecule has 0 amide bonds. The molecule has 1 saturated carbocycles. The van der Waals surface area contributed by atoms with E-state index in [1.165, 1.54) is 0 Å². The van der Waals surface area contributed by atoms with Gasteiger partial charge in [0.1, 0.15) is 23.7 Å². The molecule has 0 radical (unpaired) electrons. The normalized spacial score (nSPS) is 20.6. The molecule has 0 unspecified atom stereocenters. The highest BCUT2D eigenvalue weighted by atomic mass is 16.5. The number of hydrogen-bond donors (Lipinski definition) is 0. The number of fused-ring (bicyclic) bond motifs is 3. The standard InChI is InChI=1S/C28H30O6/c1-17(2)16-32-26-18(8-7-9-23(26)31-3)20-14-24(30)33-22-11-10-19-21(29)15-28(12-5-4-6-13-28)34-27(19)25(20)22/h7-11,20H,1,4-6,12-16H2,2-3H3/t20-/m1/s1. The van der Waals surface area contributed by atoms with Gasteiger partial charge < -0.3 is 18.9 Å². The highest BCUT2D eigenvalue weighted by Crippen LogP contribution is 2.53. The predicted octanol–water partition coefficient (Wildman–Crippen LogP) is 5.76. The third-order valence-corrected chi connectivity index (χ3v) is 7.03. The summed E-state index contributed by atoms with van der Waals surface area (Å²) in [4.78, 5) is 25.9. The Morgan fingerprint density at radius 3 is 2.68 bits per heavy atom. The Morgan fingerprint density at radius 1 is 1.15 bits per heavy atom. The van der Waals surface area contributed by atoms with E-state index in [0.29, 0.717) is 41.6 Å². The minimum Gasteiger partial charge on any atom is -0.493 e. The zero-order chi connectivity index (χ0) is 23.9. The molecular formula is C28H30O6. The fourth-order valence-electron chi connectivity index (χ4n) is 5.46. The molecule has 0 saturated heterocycles. The molecule has 2 heterocycles. The van der Waals surface area contributed by atoms with Crippen LogP contribution in [0.4, 0.5) is 0 Å². The smallest absolute Gasteiger partial charge is 0.312 e. The molecular weight excluding hydrogens is 432 g/mol. The third kappa shape index (κ3) is 3.95. The van der Waals surface area contributed by atoms with Crippen molar-refractivity contribution >= 4 is 11.8 Å². The Balaban J connectivity index is 1.66. The SMILES string of the molecule is C=C(C)COc1c(OC)cccc1[C@H]1CC(=O)Oc2ccc3c(c21)OC1(CCCCC1)CC3=O. The maximum Gasteiger partial charge on any atom is 0.312 e. The van der Waals surface area contributed by atoms with Gasteiger partial charge in [0.05, 0.1) is 25.5 Å². The van der Waals surface area contributed by atoms with E-state index in [4.69, 9.17) is 18.9 Å². The summed E-state index contributed by atoms with van der Waals surface area (Å²) in [6.07, 6.45) is 5.49. The van der Waals surface area contributed by atoms with Crippen molar-refractivity contribution in [2.24, 2.45) is 0 Å². The Morgan fingerprint density at radius 2 is 1.94 bits per heavy atom. The van der Waals surface area contributed by atoms with Crippen LogP contribution in [0.3, 0.4) is 0 Å². The van der Waals surface area contributed by atoms with E-state index in [1.807, 2.05) is 25.1 Å². The molecule has 0 N–H and O–H groups in total. The molecule has 2 aliphatic heterocycles. The fraction of sp³-hybridized carbons (Fsp3) is 0.429. The van der Waals surface area contributed by atoms with Gasteiger partial charge in [-0.3, -0.25) is 9.59 Å². The Hall–Kier alpha value is -3.28. The Kier molecular flexibility index (Phi) is 5.84. The van der Waals surface area contributed by atoms with E-state index in [2.05, 4.69) is 6.58 Å². The number of carbonyl (C=O) groups is 2. The summed E-state index contributed by atoms with van der Waals surface area (Å²) in [7, 11) is 1.59. The number of hydrogen-bond acceptors (Lipinski definition) is 6. The monoisotopic (exact) mass is 462 g/mol. The van der Waals surface area contributed by atoms with Crippen molar-refractivity contribution in [1.82, 2.24) is 0 Å². The van der Waals surface area contributed by atoms with Crippen molar-refractivity contribution < 1.29 is 28.5 Å². The Bertz CT molecular complexity index is 1160. The number of para-hydroxylation sites is 1. The van der Waals surface area contributed by atoms with Gasteiger partial charge in [-0.15, -0.1) is 0 Å². The van der Waals surface area contributed by atoms with Crippen molar-refractivity contribution in [3.05, 3.63) is 59.2 Å². The summed E-state index contributed by atoms with van der Waals surface area (Å²) < 4.78 is 24.1. The molecule has 0 bridgehead atoms. The lowest BCUT2D eigenvalue weighted by atomic mass is 9.76. The summed E-state index contributed by atoms with van der Waals surface area (Å²) in [6, 6.07) is 9.09. The molecule has 6 nitrogen and oxygen atoms in total. The minimum absolute atomic E-state index is 0.0889. The second kappa shape index (κ2) is 8.82. The molecule has 5 rings (SSSR count). The summed E-state index contributed by atoms with van der Waals surface area (Å²) in [5.74, 6) is 1.49. The lowest BCUT2D eigenvalue weighted by molar-refractivity contribution is -0.135. The Labute approximate surface area is 199 Å². The van der Waals surface area contributed by atoms with E-state index < -0.39 is 11.5 Å². The van der Waals surface area contributed by atoms with Gasteiger partial charge in [0.25, 0.3) is 0 Å². The van der Waals surface area contributed by atoms with E-state index in [-0.39, 0.29) is 18.2 Å². The molecule has 1 atom stereocenters. The molecule has 2 aromatic rings. The lowest BCUT2D eigenvalue weighted by Gasteiger charge is -2.42. The average Bonchev–Trinajstić information content (AvgIpc) is 2.82. The molecule has 1 spiro atoms. The van der Waals surface area contributed by atoms with Crippen molar-refractivity contribution in [1.29, 1.82) is 0 Å². The van der Waals surface area contributed by atoms with E-state index in [0.717, 1.165) is 48.8 Å².